The molecule has 280 valence electrons. The summed E-state index contributed by atoms with van der Waals surface area (Å²) in [6.45, 7) is 11.8. The van der Waals surface area contributed by atoms with Gasteiger partial charge in [-0.05, 0) is 77.0 Å². The third kappa shape index (κ3) is 9.55. The summed E-state index contributed by atoms with van der Waals surface area (Å²) in [6.07, 6.45) is 25.4. The summed E-state index contributed by atoms with van der Waals surface area (Å²) in [4.78, 5) is 0. The minimum Gasteiger partial charge on any atom is -0.412 e. The van der Waals surface area contributed by atoms with Crippen LogP contribution in [0.4, 0.5) is 0 Å². The van der Waals surface area contributed by atoms with Gasteiger partial charge >= 0.3 is 34.2 Å². The predicted octanol–water partition coefficient (Wildman–Crippen LogP) is 9.48. The highest BCUT2D eigenvalue weighted by atomic mass is 28.5. The van der Waals surface area contributed by atoms with E-state index in [2.05, 4.69) is 27.7 Å². The predicted molar refractivity (Wildman–Crippen MR) is 201 cm³/mol. The van der Waals surface area contributed by atoms with Gasteiger partial charge in [-0.25, -0.2) is 0 Å². The van der Waals surface area contributed by atoms with Gasteiger partial charge in [0.15, 0.2) is 0 Å². The van der Waals surface area contributed by atoms with Gasteiger partial charge in [-0.3, -0.25) is 0 Å². The van der Waals surface area contributed by atoms with Gasteiger partial charge in [0.1, 0.15) is 0 Å². The summed E-state index contributed by atoms with van der Waals surface area (Å²) in [5.41, 5.74) is 1.55. The van der Waals surface area contributed by atoms with Crippen LogP contribution in [0.2, 0.25) is 22.2 Å². The zero-order chi connectivity index (χ0) is 33.8. The Labute approximate surface area is 298 Å². The number of hydrogen-bond donors (Lipinski definition) is 0. The monoisotopic (exact) mass is 744 g/mol. The molecule has 1 heterocycles. The van der Waals surface area contributed by atoms with E-state index in [0.29, 0.717) is 47.1 Å². The molecule has 0 spiro atoms. The lowest BCUT2D eigenvalue weighted by atomic mass is 10.4. The van der Waals surface area contributed by atoms with Gasteiger partial charge in [0.25, 0.3) is 0 Å². The molecule has 0 radical (unpaired) electrons. The molecule has 0 unspecified atom stereocenters. The maximum absolute atomic E-state index is 8.23. The van der Waals surface area contributed by atoms with E-state index in [4.69, 9.17) is 35.4 Å². The van der Waals surface area contributed by atoms with E-state index in [9.17, 15) is 0 Å². The van der Waals surface area contributed by atoms with Crippen molar-refractivity contribution in [2.75, 3.05) is 51.3 Å². The standard InChI is InChI=1S/C36H72O8Si4/c1-5-25-37-29-45(33-17-9-10-18-33)41-46(30-38-26-6-2,34-19-11-12-20-34)43-48(32-40-28-8-4,36-23-15-16-24-36)44-47(42-45,31-39-27-7-3)35-21-13-14-22-35/h33-36H,5-32H2,1-4H3. The Morgan fingerprint density at radius 1 is 0.354 bits per heavy atom. The van der Waals surface area contributed by atoms with Gasteiger partial charge in [-0.2, -0.15) is 0 Å². The zero-order valence-electron chi connectivity index (χ0n) is 31.4. The van der Waals surface area contributed by atoms with Crippen molar-refractivity contribution in [3.05, 3.63) is 0 Å². The Bertz CT molecular complexity index is 754. The molecule has 1 aliphatic heterocycles. The molecule has 0 aromatic rings. The van der Waals surface area contributed by atoms with Crippen molar-refractivity contribution in [3.8, 4) is 0 Å². The molecule has 0 aromatic carbocycles. The Hall–Kier alpha value is 0.548. The highest BCUT2D eigenvalue weighted by Crippen LogP contribution is 2.55. The van der Waals surface area contributed by atoms with Crippen LogP contribution in [0.25, 0.3) is 0 Å². The van der Waals surface area contributed by atoms with Crippen molar-refractivity contribution in [1.82, 2.24) is 0 Å². The van der Waals surface area contributed by atoms with Crippen molar-refractivity contribution in [3.63, 3.8) is 0 Å². The lowest BCUT2D eigenvalue weighted by Gasteiger charge is -2.57. The first-order valence-corrected chi connectivity index (χ1v) is 29.0. The van der Waals surface area contributed by atoms with E-state index in [-0.39, 0.29) is 0 Å². The maximum atomic E-state index is 8.23. The third-order valence-corrected chi connectivity index (χ3v) is 32.7. The maximum Gasteiger partial charge on any atom is 0.350 e. The molecule has 0 N–H and O–H groups in total. The molecule has 8 nitrogen and oxygen atoms in total. The second-order valence-corrected chi connectivity index (χ2v) is 30.0. The SMILES string of the molecule is CCCOC[Si]1(C2CCCC2)O[Si](COCCC)(C2CCCC2)O[Si](COCCC)(C2CCCC2)O[Si](COCCC)(C2CCCC2)O1. The first-order chi connectivity index (χ1) is 23.5. The van der Waals surface area contributed by atoms with Gasteiger partial charge < -0.3 is 35.4 Å². The highest BCUT2D eigenvalue weighted by molar-refractivity contribution is 6.96. The fourth-order valence-electron chi connectivity index (χ4n) is 9.52. The van der Waals surface area contributed by atoms with Crippen LogP contribution in [0, 0.1) is 0 Å². The smallest absolute Gasteiger partial charge is 0.350 e. The Balaban J connectivity index is 1.71. The molecule has 4 saturated carbocycles. The summed E-state index contributed by atoms with van der Waals surface area (Å²) >= 11 is 0. The molecule has 48 heavy (non-hydrogen) atoms. The van der Waals surface area contributed by atoms with E-state index >= 15 is 0 Å². The number of ether oxygens (including phenoxy) is 4. The van der Waals surface area contributed by atoms with E-state index < -0.39 is 34.2 Å². The van der Waals surface area contributed by atoms with Crippen LogP contribution in [0.3, 0.4) is 0 Å². The molecule has 5 aliphatic rings. The molecule has 1 saturated heterocycles. The summed E-state index contributed by atoms with van der Waals surface area (Å²) in [7, 11) is -12.3. The van der Waals surface area contributed by atoms with Crippen LogP contribution < -0.4 is 0 Å². The average Bonchev–Trinajstić information content (AvgIpc) is 3.92. The Morgan fingerprint density at radius 2 is 0.542 bits per heavy atom. The third-order valence-electron chi connectivity index (χ3n) is 11.9. The van der Waals surface area contributed by atoms with Gasteiger partial charge in [0.2, 0.25) is 0 Å². The molecule has 4 aliphatic carbocycles. The summed E-state index contributed by atoms with van der Waals surface area (Å²) < 4.78 is 59.6. The molecule has 0 atom stereocenters. The molecule has 0 amide bonds. The van der Waals surface area contributed by atoms with E-state index in [1.165, 1.54) is 51.4 Å². The van der Waals surface area contributed by atoms with Crippen LogP contribution in [-0.2, 0) is 35.4 Å². The second-order valence-electron chi connectivity index (χ2n) is 15.8. The van der Waals surface area contributed by atoms with Gasteiger partial charge in [0.05, 0.1) is 24.9 Å². The average molecular weight is 745 g/mol. The van der Waals surface area contributed by atoms with E-state index in [1.54, 1.807) is 0 Å². The molecule has 12 heteroatoms. The molecule has 0 bridgehead atoms. The van der Waals surface area contributed by atoms with Crippen LogP contribution >= 0.6 is 0 Å². The molecular weight excluding hydrogens is 673 g/mol. The molecular formula is C36H72O8Si4. The van der Waals surface area contributed by atoms with Crippen molar-refractivity contribution in [2.24, 2.45) is 0 Å². The number of rotatable bonds is 20. The van der Waals surface area contributed by atoms with E-state index in [1.807, 2.05) is 0 Å². The lowest BCUT2D eigenvalue weighted by molar-refractivity contribution is 0.0735. The quantitative estimate of drug-likeness (QED) is 0.0902. The van der Waals surface area contributed by atoms with Gasteiger partial charge in [0, 0.05) is 48.6 Å². The molecule has 0 aromatic heterocycles. The van der Waals surface area contributed by atoms with Crippen LogP contribution in [0.15, 0.2) is 0 Å². The fourth-order valence-corrected chi connectivity index (χ4v) is 36.1. The van der Waals surface area contributed by atoms with Crippen molar-refractivity contribution >= 4 is 34.2 Å². The minimum atomic E-state index is -3.06. The minimum absolute atomic E-state index is 0.387. The van der Waals surface area contributed by atoms with Crippen LogP contribution in [0.5, 0.6) is 0 Å². The van der Waals surface area contributed by atoms with E-state index in [0.717, 1.165) is 103 Å². The zero-order valence-corrected chi connectivity index (χ0v) is 35.4. The topological polar surface area (TPSA) is 73.8 Å². The van der Waals surface area contributed by atoms with Crippen LogP contribution in [-0.4, -0.2) is 85.6 Å². The second kappa shape index (κ2) is 19.6. The first kappa shape index (κ1) is 39.7. The van der Waals surface area contributed by atoms with Crippen LogP contribution in [0.1, 0.15) is 156 Å². The van der Waals surface area contributed by atoms with Crippen molar-refractivity contribution < 1.29 is 35.4 Å². The molecule has 5 fully saturated rings. The number of hydrogen-bond acceptors (Lipinski definition) is 8. The Kier molecular flexibility index (Phi) is 16.2. The highest BCUT2D eigenvalue weighted by Gasteiger charge is 2.70. The summed E-state index contributed by atoms with van der Waals surface area (Å²) in [6, 6.07) is 0. The van der Waals surface area contributed by atoms with Gasteiger partial charge in [-0.1, -0.05) is 79.1 Å². The fraction of sp³-hybridized carbons (Fsp3) is 1.00. The summed E-state index contributed by atoms with van der Waals surface area (Å²) in [5.74, 6) is 0. The molecule has 5 rings (SSSR count). The van der Waals surface area contributed by atoms with Crippen molar-refractivity contribution in [1.29, 1.82) is 0 Å². The van der Waals surface area contributed by atoms with Crippen molar-refractivity contribution in [2.45, 2.75) is 178 Å². The first-order valence-electron chi connectivity index (χ1n) is 20.6. The largest absolute Gasteiger partial charge is 0.412 e. The normalized spacial score (nSPS) is 34.8. The van der Waals surface area contributed by atoms with Gasteiger partial charge in [-0.15, -0.1) is 0 Å². The summed E-state index contributed by atoms with van der Waals surface area (Å²) in [5, 5.41) is 0. The Morgan fingerprint density at radius 3 is 0.708 bits per heavy atom. The lowest BCUT2D eigenvalue weighted by Crippen LogP contribution is -2.77.